The summed E-state index contributed by atoms with van der Waals surface area (Å²) in [6, 6.07) is 3.26. The van der Waals surface area contributed by atoms with E-state index in [1.807, 2.05) is 13.8 Å². The van der Waals surface area contributed by atoms with Gasteiger partial charge in [0.1, 0.15) is 12.4 Å². The van der Waals surface area contributed by atoms with Gasteiger partial charge in [0.05, 0.1) is 10.5 Å². The van der Waals surface area contributed by atoms with Crippen molar-refractivity contribution in [3.05, 3.63) is 26.6 Å². The highest BCUT2D eigenvalue weighted by Crippen LogP contribution is 2.43. The standard InChI is InChI=1S/C12H13Br2NO3.ClH/c1-12(2)5-18-11(17)15-10(12)7-3-6(13)4-8(14)9(7)16;/h3-4,10,16H,5H2,1-2H3,(H,15,17);1H/t10-;/m1./s1. The molecule has 1 saturated heterocycles. The van der Waals surface area contributed by atoms with Crippen molar-refractivity contribution in [1.29, 1.82) is 0 Å². The molecule has 0 unspecified atom stereocenters. The number of nitrogens with one attached hydrogen (secondary N) is 1. The zero-order chi connectivity index (χ0) is 13.5. The van der Waals surface area contributed by atoms with E-state index in [0.29, 0.717) is 16.6 Å². The number of aromatic hydroxyl groups is 1. The molecule has 106 valence electrons. The number of benzene rings is 1. The van der Waals surface area contributed by atoms with Crippen molar-refractivity contribution in [1.82, 2.24) is 5.32 Å². The maximum atomic E-state index is 11.4. The number of phenolic OH excluding ortho intramolecular Hbond substituents is 1. The van der Waals surface area contributed by atoms with Gasteiger partial charge in [-0.05, 0) is 28.1 Å². The summed E-state index contributed by atoms with van der Waals surface area (Å²) < 4.78 is 6.41. The number of carbonyl (C=O) groups is 1. The van der Waals surface area contributed by atoms with E-state index in [1.165, 1.54) is 0 Å². The molecule has 1 amide bonds. The summed E-state index contributed by atoms with van der Waals surface area (Å²) in [5.74, 6) is 0.137. The van der Waals surface area contributed by atoms with E-state index in [1.54, 1.807) is 12.1 Å². The number of carbonyl (C=O) groups excluding carboxylic acids is 1. The summed E-state index contributed by atoms with van der Waals surface area (Å²) in [6.45, 7) is 4.27. The number of amides is 1. The fraction of sp³-hybridized carbons (Fsp3) is 0.417. The van der Waals surface area contributed by atoms with E-state index in [2.05, 4.69) is 37.2 Å². The molecule has 1 heterocycles. The van der Waals surface area contributed by atoms with Crippen molar-refractivity contribution in [2.45, 2.75) is 19.9 Å². The van der Waals surface area contributed by atoms with E-state index in [9.17, 15) is 9.90 Å². The minimum atomic E-state index is -0.463. The Morgan fingerprint density at radius 2 is 2.05 bits per heavy atom. The molecule has 0 aliphatic carbocycles. The van der Waals surface area contributed by atoms with Gasteiger partial charge in [-0.1, -0.05) is 29.8 Å². The highest BCUT2D eigenvalue weighted by molar-refractivity contribution is 9.11. The maximum Gasteiger partial charge on any atom is 0.407 e. The van der Waals surface area contributed by atoms with Gasteiger partial charge in [0.15, 0.2) is 0 Å². The number of hydrogen-bond donors (Lipinski definition) is 2. The van der Waals surface area contributed by atoms with Crippen LogP contribution in [0.5, 0.6) is 5.75 Å². The van der Waals surface area contributed by atoms with Crippen molar-refractivity contribution < 1.29 is 14.6 Å². The molecule has 1 atom stereocenters. The van der Waals surface area contributed by atoms with Crippen molar-refractivity contribution in [3.8, 4) is 5.75 Å². The smallest absolute Gasteiger partial charge is 0.407 e. The molecule has 2 N–H and O–H groups in total. The van der Waals surface area contributed by atoms with E-state index in [4.69, 9.17) is 4.74 Å². The fourth-order valence-electron chi connectivity index (χ4n) is 1.99. The average Bonchev–Trinajstić information content (AvgIpc) is 2.27. The number of hydrogen-bond acceptors (Lipinski definition) is 3. The molecule has 2 rings (SSSR count). The quantitative estimate of drug-likeness (QED) is 0.725. The predicted molar refractivity (Wildman–Crippen MR) is 81.8 cm³/mol. The highest BCUT2D eigenvalue weighted by Gasteiger charge is 2.39. The monoisotopic (exact) mass is 413 g/mol. The third-order valence-corrected chi connectivity index (χ3v) is 4.05. The summed E-state index contributed by atoms with van der Waals surface area (Å²) in [4.78, 5) is 11.4. The van der Waals surface area contributed by atoms with Gasteiger partial charge >= 0.3 is 6.09 Å². The molecule has 0 saturated carbocycles. The van der Waals surface area contributed by atoms with Crippen LogP contribution in [0.25, 0.3) is 0 Å². The van der Waals surface area contributed by atoms with Gasteiger partial charge in [-0.15, -0.1) is 12.4 Å². The third-order valence-electron chi connectivity index (χ3n) is 2.99. The summed E-state index contributed by atoms with van der Waals surface area (Å²) in [6.07, 6.45) is -0.463. The lowest BCUT2D eigenvalue weighted by molar-refractivity contribution is 0.0381. The van der Waals surface area contributed by atoms with Crippen molar-refractivity contribution in [2.75, 3.05) is 6.61 Å². The van der Waals surface area contributed by atoms with Crippen LogP contribution in [0.15, 0.2) is 21.1 Å². The SMILES string of the molecule is CC1(C)COC(=O)N[C@@H]1c1cc(Br)cc(Br)c1O.Cl. The molecular formula is C12H14Br2ClNO3. The Bertz CT molecular complexity index is 508. The zero-order valence-corrected chi connectivity index (χ0v) is 14.4. The lowest BCUT2D eigenvalue weighted by atomic mass is 9.80. The molecule has 1 aromatic rings. The Labute approximate surface area is 134 Å². The average molecular weight is 416 g/mol. The Balaban J connectivity index is 0.00000180. The second-order valence-electron chi connectivity index (χ2n) is 4.97. The lowest BCUT2D eigenvalue weighted by Crippen LogP contribution is -2.46. The van der Waals surface area contributed by atoms with Crippen LogP contribution in [0.1, 0.15) is 25.5 Å². The van der Waals surface area contributed by atoms with E-state index in [0.717, 1.165) is 4.47 Å². The first-order chi connectivity index (χ1) is 8.31. The number of phenols is 1. The number of cyclic esters (lactones) is 1. The number of alkyl carbamates (subject to hydrolysis) is 1. The Morgan fingerprint density at radius 3 is 2.68 bits per heavy atom. The van der Waals surface area contributed by atoms with Crippen LogP contribution in [0, 0.1) is 5.41 Å². The number of rotatable bonds is 1. The summed E-state index contributed by atoms with van der Waals surface area (Å²) in [5.41, 5.74) is 0.365. The lowest BCUT2D eigenvalue weighted by Gasteiger charge is -2.38. The van der Waals surface area contributed by atoms with Crippen LogP contribution in [-0.4, -0.2) is 17.8 Å². The van der Waals surface area contributed by atoms with E-state index < -0.39 is 6.09 Å². The first-order valence-electron chi connectivity index (χ1n) is 5.42. The van der Waals surface area contributed by atoms with Crippen molar-refractivity contribution in [2.24, 2.45) is 5.41 Å². The third kappa shape index (κ3) is 3.35. The zero-order valence-electron chi connectivity index (χ0n) is 10.4. The van der Waals surface area contributed by atoms with Gasteiger partial charge < -0.3 is 15.2 Å². The van der Waals surface area contributed by atoms with Gasteiger partial charge in [0, 0.05) is 15.5 Å². The van der Waals surface area contributed by atoms with Gasteiger partial charge in [-0.25, -0.2) is 4.79 Å². The van der Waals surface area contributed by atoms with E-state index >= 15 is 0 Å². The first-order valence-corrected chi connectivity index (χ1v) is 7.01. The topological polar surface area (TPSA) is 58.6 Å². The molecule has 1 aromatic carbocycles. The van der Waals surface area contributed by atoms with Gasteiger partial charge in [0.2, 0.25) is 0 Å². The summed E-state index contributed by atoms with van der Waals surface area (Å²) in [7, 11) is 0. The molecule has 0 aromatic heterocycles. The van der Waals surface area contributed by atoms with Gasteiger partial charge in [-0.2, -0.15) is 0 Å². The predicted octanol–water partition coefficient (Wildman–Crippen LogP) is 4.15. The molecule has 1 aliphatic heterocycles. The van der Waals surface area contributed by atoms with Crippen molar-refractivity contribution >= 4 is 50.4 Å². The highest BCUT2D eigenvalue weighted by atomic mass is 79.9. The van der Waals surface area contributed by atoms with Crippen LogP contribution in [0.4, 0.5) is 4.79 Å². The molecule has 4 nitrogen and oxygen atoms in total. The molecule has 1 aliphatic rings. The molecule has 1 fully saturated rings. The van der Waals surface area contributed by atoms with E-state index in [-0.39, 0.29) is 29.6 Å². The van der Waals surface area contributed by atoms with Gasteiger partial charge in [-0.3, -0.25) is 0 Å². The first kappa shape index (κ1) is 16.6. The molecule has 0 spiro atoms. The van der Waals surface area contributed by atoms with Crippen LogP contribution in [0.2, 0.25) is 0 Å². The molecule has 7 heteroatoms. The second kappa shape index (κ2) is 5.89. The maximum absolute atomic E-state index is 11.4. The normalized spacial score (nSPS) is 21.1. The van der Waals surface area contributed by atoms with Crippen molar-refractivity contribution in [3.63, 3.8) is 0 Å². The van der Waals surface area contributed by atoms with Gasteiger partial charge in [0.25, 0.3) is 0 Å². The minimum Gasteiger partial charge on any atom is -0.506 e. The van der Waals surface area contributed by atoms with Crippen LogP contribution < -0.4 is 5.32 Å². The summed E-state index contributed by atoms with van der Waals surface area (Å²) >= 11 is 6.67. The molecular weight excluding hydrogens is 401 g/mol. The fourth-order valence-corrected chi connectivity index (χ4v) is 3.25. The number of ether oxygens (including phenoxy) is 1. The summed E-state index contributed by atoms with van der Waals surface area (Å²) in [5, 5.41) is 12.9. The Hall–Kier alpha value is -0.460. The van der Waals surface area contributed by atoms with Crippen LogP contribution in [0.3, 0.4) is 0 Å². The largest absolute Gasteiger partial charge is 0.506 e. The Kier molecular flexibility index (Phi) is 5.15. The van der Waals surface area contributed by atoms with Crippen LogP contribution >= 0.6 is 44.3 Å². The molecule has 0 radical (unpaired) electrons. The second-order valence-corrected chi connectivity index (χ2v) is 6.74. The Morgan fingerprint density at radius 1 is 1.42 bits per heavy atom. The molecule has 0 bridgehead atoms. The molecule has 19 heavy (non-hydrogen) atoms. The number of halogens is 3. The minimum absolute atomic E-state index is 0. The van der Waals surface area contributed by atoms with Crippen LogP contribution in [-0.2, 0) is 4.74 Å².